The molecule has 0 unspecified atom stereocenters. The molecule has 1 aliphatic heterocycles. The second kappa shape index (κ2) is 7.66. The summed E-state index contributed by atoms with van der Waals surface area (Å²) in [5.41, 5.74) is 0.501. The highest BCUT2D eigenvalue weighted by molar-refractivity contribution is 6.31. The van der Waals surface area contributed by atoms with E-state index in [1.807, 2.05) is 0 Å². The van der Waals surface area contributed by atoms with Crippen molar-refractivity contribution in [2.75, 3.05) is 26.7 Å². The zero-order valence-electron chi connectivity index (χ0n) is 12.7. The zero-order valence-corrected chi connectivity index (χ0v) is 13.4. The summed E-state index contributed by atoms with van der Waals surface area (Å²) in [7, 11) is 1.56. The number of hydrogen-bond acceptors (Lipinski definition) is 3. The number of likely N-dealkylation sites (tertiary alicyclic amines) is 1. The Kier molecular flexibility index (Phi) is 5.88. The molecule has 1 saturated heterocycles. The molecule has 0 radical (unpaired) electrons. The van der Waals surface area contributed by atoms with Gasteiger partial charge in [-0.25, -0.2) is 0 Å². The van der Waals surface area contributed by atoms with Crippen molar-refractivity contribution in [1.29, 1.82) is 0 Å². The van der Waals surface area contributed by atoms with Crippen molar-refractivity contribution in [2.45, 2.75) is 32.2 Å². The summed E-state index contributed by atoms with van der Waals surface area (Å²) in [6, 6.07) is 5.33. The Hall–Kier alpha value is -1.26. The molecular formula is C16H23ClN2O2. The van der Waals surface area contributed by atoms with Crippen molar-refractivity contribution in [2.24, 2.45) is 0 Å². The Balaban J connectivity index is 1.95. The van der Waals surface area contributed by atoms with E-state index in [0.29, 0.717) is 16.3 Å². The van der Waals surface area contributed by atoms with E-state index in [9.17, 15) is 4.79 Å². The van der Waals surface area contributed by atoms with Gasteiger partial charge in [0.15, 0.2) is 0 Å². The molecule has 1 amide bonds. The lowest BCUT2D eigenvalue weighted by molar-refractivity contribution is 0.0908. The van der Waals surface area contributed by atoms with Crippen LogP contribution in [-0.4, -0.2) is 43.6 Å². The lowest BCUT2D eigenvalue weighted by Crippen LogP contribution is -2.44. The van der Waals surface area contributed by atoms with Crippen LogP contribution in [0, 0.1) is 0 Å². The highest BCUT2D eigenvalue weighted by Gasteiger charge is 2.22. The Bertz CT molecular complexity index is 485. The number of nitrogens with zero attached hydrogens (tertiary/aromatic N) is 1. The van der Waals surface area contributed by atoms with Gasteiger partial charge in [0.2, 0.25) is 0 Å². The first-order valence-electron chi connectivity index (χ1n) is 7.50. The molecule has 1 heterocycles. The maximum atomic E-state index is 12.4. The van der Waals surface area contributed by atoms with Gasteiger partial charge in [-0.1, -0.05) is 18.5 Å². The van der Waals surface area contributed by atoms with Crippen LogP contribution in [0.1, 0.15) is 36.5 Å². The molecule has 0 aromatic heterocycles. The van der Waals surface area contributed by atoms with Crippen LogP contribution in [0.4, 0.5) is 0 Å². The topological polar surface area (TPSA) is 41.6 Å². The van der Waals surface area contributed by atoms with Gasteiger partial charge in [0.25, 0.3) is 5.91 Å². The molecule has 1 aliphatic rings. The summed E-state index contributed by atoms with van der Waals surface area (Å²) < 4.78 is 5.23. The smallest absolute Gasteiger partial charge is 0.255 e. The molecule has 1 fully saturated rings. The maximum absolute atomic E-state index is 12.4. The molecule has 0 atom stereocenters. The van der Waals surface area contributed by atoms with E-state index in [1.54, 1.807) is 25.3 Å². The number of carbonyl (C=O) groups is 1. The Labute approximate surface area is 131 Å². The maximum Gasteiger partial charge on any atom is 0.255 e. The summed E-state index contributed by atoms with van der Waals surface area (Å²) in [5.74, 6) is 0.448. The first-order chi connectivity index (χ1) is 10.1. The quantitative estimate of drug-likeness (QED) is 0.909. The van der Waals surface area contributed by atoms with Crippen molar-refractivity contribution in [3.8, 4) is 5.75 Å². The number of piperidine rings is 1. The van der Waals surface area contributed by atoms with Gasteiger partial charge in [-0.3, -0.25) is 4.79 Å². The average Bonchev–Trinajstić information content (AvgIpc) is 2.49. The number of rotatable bonds is 5. The van der Waals surface area contributed by atoms with Crippen LogP contribution in [0.5, 0.6) is 5.75 Å². The number of hydrogen-bond donors (Lipinski definition) is 1. The minimum Gasteiger partial charge on any atom is -0.496 e. The molecule has 2 rings (SSSR count). The first kappa shape index (κ1) is 16.1. The SMILES string of the molecule is CCCN1CCC(NC(=O)c2cc(Cl)ccc2OC)CC1. The number of carbonyl (C=O) groups excluding carboxylic acids is 1. The minimum atomic E-state index is -0.108. The molecule has 0 bridgehead atoms. The first-order valence-corrected chi connectivity index (χ1v) is 7.88. The monoisotopic (exact) mass is 310 g/mol. The van der Waals surface area contributed by atoms with Gasteiger partial charge in [0, 0.05) is 24.2 Å². The van der Waals surface area contributed by atoms with Gasteiger partial charge >= 0.3 is 0 Å². The van der Waals surface area contributed by atoms with Crippen molar-refractivity contribution in [3.05, 3.63) is 28.8 Å². The number of amides is 1. The molecule has 0 saturated carbocycles. The van der Waals surface area contributed by atoms with Crippen molar-refractivity contribution < 1.29 is 9.53 Å². The predicted octanol–water partition coefficient (Wildman–Crippen LogP) is 2.95. The standard InChI is InChI=1S/C16H23ClN2O2/c1-3-8-19-9-6-13(7-10-19)18-16(20)14-11-12(17)4-5-15(14)21-2/h4-5,11,13H,3,6-10H2,1-2H3,(H,18,20). The minimum absolute atomic E-state index is 0.108. The Morgan fingerprint density at radius 2 is 2.14 bits per heavy atom. The van der Waals surface area contributed by atoms with Crippen molar-refractivity contribution >= 4 is 17.5 Å². The lowest BCUT2D eigenvalue weighted by atomic mass is 10.0. The third-order valence-electron chi connectivity index (χ3n) is 3.87. The van der Waals surface area contributed by atoms with Gasteiger partial charge in [0.1, 0.15) is 5.75 Å². The van der Waals surface area contributed by atoms with Crippen LogP contribution >= 0.6 is 11.6 Å². The summed E-state index contributed by atoms with van der Waals surface area (Å²) in [4.78, 5) is 14.8. The lowest BCUT2D eigenvalue weighted by Gasteiger charge is -2.32. The van der Waals surface area contributed by atoms with Crippen LogP contribution < -0.4 is 10.1 Å². The van der Waals surface area contributed by atoms with Crippen LogP contribution in [-0.2, 0) is 0 Å². The van der Waals surface area contributed by atoms with Gasteiger partial charge in [0.05, 0.1) is 12.7 Å². The van der Waals surface area contributed by atoms with E-state index >= 15 is 0 Å². The summed E-state index contributed by atoms with van der Waals surface area (Å²) in [5, 5.41) is 3.64. The van der Waals surface area contributed by atoms with E-state index in [1.165, 1.54) is 6.42 Å². The molecule has 0 spiro atoms. The molecule has 1 aromatic carbocycles. The van der Waals surface area contributed by atoms with E-state index < -0.39 is 0 Å². The third kappa shape index (κ3) is 4.35. The second-order valence-corrected chi connectivity index (χ2v) is 5.87. The van der Waals surface area contributed by atoms with E-state index in [2.05, 4.69) is 17.1 Å². The van der Waals surface area contributed by atoms with Gasteiger partial charge < -0.3 is 15.0 Å². The van der Waals surface area contributed by atoms with E-state index in [-0.39, 0.29) is 11.9 Å². The van der Waals surface area contributed by atoms with Gasteiger partial charge in [-0.05, 0) is 44.0 Å². The fourth-order valence-electron chi connectivity index (χ4n) is 2.74. The molecule has 21 heavy (non-hydrogen) atoms. The molecule has 116 valence electrons. The Morgan fingerprint density at radius 3 is 2.76 bits per heavy atom. The number of nitrogens with one attached hydrogen (secondary N) is 1. The van der Waals surface area contributed by atoms with Gasteiger partial charge in [-0.2, -0.15) is 0 Å². The average molecular weight is 311 g/mol. The number of ether oxygens (including phenoxy) is 1. The number of methoxy groups -OCH3 is 1. The largest absolute Gasteiger partial charge is 0.496 e. The highest BCUT2D eigenvalue weighted by Crippen LogP contribution is 2.23. The molecule has 0 aliphatic carbocycles. The van der Waals surface area contributed by atoms with E-state index in [4.69, 9.17) is 16.3 Å². The molecule has 1 N–H and O–H groups in total. The molecule has 1 aromatic rings. The van der Waals surface area contributed by atoms with Crippen LogP contribution in [0.2, 0.25) is 5.02 Å². The number of halogens is 1. The zero-order chi connectivity index (χ0) is 15.2. The predicted molar refractivity (Wildman–Crippen MR) is 85.2 cm³/mol. The fourth-order valence-corrected chi connectivity index (χ4v) is 2.91. The second-order valence-electron chi connectivity index (χ2n) is 5.43. The third-order valence-corrected chi connectivity index (χ3v) is 4.10. The van der Waals surface area contributed by atoms with Crippen molar-refractivity contribution in [3.63, 3.8) is 0 Å². The summed E-state index contributed by atoms with van der Waals surface area (Å²) in [6.45, 7) is 5.43. The Morgan fingerprint density at radius 1 is 1.43 bits per heavy atom. The molecular weight excluding hydrogens is 288 g/mol. The highest BCUT2D eigenvalue weighted by atomic mass is 35.5. The summed E-state index contributed by atoms with van der Waals surface area (Å²) >= 11 is 5.97. The fraction of sp³-hybridized carbons (Fsp3) is 0.562. The number of benzene rings is 1. The van der Waals surface area contributed by atoms with Gasteiger partial charge in [-0.15, -0.1) is 0 Å². The van der Waals surface area contributed by atoms with Crippen molar-refractivity contribution in [1.82, 2.24) is 10.2 Å². The van der Waals surface area contributed by atoms with Crippen LogP contribution in [0.3, 0.4) is 0 Å². The van der Waals surface area contributed by atoms with E-state index in [0.717, 1.165) is 32.5 Å². The molecule has 5 heteroatoms. The summed E-state index contributed by atoms with van der Waals surface area (Å²) in [6.07, 6.45) is 3.17. The van der Waals surface area contributed by atoms with Crippen LogP contribution in [0.15, 0.2) is 18.2 Å². The normalized spacial score (nSPS) is 16.7. The molecule has 4 nitrogen and oxygen atoms in total. The van der Waals surface area contributed by atoms with Crippen LogP contribution in [0.25, 0.3) is 0 Å².